The third-order valence-electron chi connectivity index (χ3n) is 4.40. The van der Waals surface area contributed by atoms with Gasteiger partial charge >= 0.3 is 0 Å². The zero-order chi connectivity index (χ0) is 19.1. The monoisotopic (exact) mass is 391 g/mol. The van der Waals surface area contributed by atoms with Gasteiger partial charge in [0.05, 0.1) is 19.8 Å². The molecule has 0 aliphatic carbocycles. The number of hydrogen-bond donors (Lipinski definition) is 2. The molecule has 0 unspecified atom stereocenters. The third kappa shape index (κ3) is 5.72. The Morgan fingerprint density at radius 1 is 1.11 bits per heavy atom. The standard InChI is InChI=1S/C19H25N3O4S/c1-14-17(27-13-12-26-14)19(24)21-16-4-2-15(3-5-16)18(23)20-6-7-22-8-10-25-11-9-22/h2-5H,6-13H2,1H3,(H,20,23)(H,21,24). The molecule has 2 N–H and O–H groups in total. The number of anilines is 1. The molecule has 1 aromatic carbocycles. The Hall–Kier alpha value is -2.03. The van der Waals surface area contributed by atoms with Crippen LogP contribution in [0.15, 0.2) is 34.9 Å². The fourth-order valence-corrected chi connectivity index (χ4v) is 3.69. The van der Waals surface area contributed by atoms with Crippen molar-refractivity contribution in [2.75, 3.05) is 57.1 Å². The van der Waals surface area contributed by atoms with Crippen molar-refractivity contribution in [2.24, 2.45) is 0 Å². The summed E-state index contributed by atoms with van der Waals surface area (Å²) in [6.07, 6.45) is 0. The minimum atomic E-state index is -0.181. The van der Waals surface area contributed by atoms with Crippen LogP contribution in [-0.4, -0.2) is 68.5 Å². The third-order valence-corrected chi connectivity index (χ3v) is 5.53. The van der Waals surface area contributed by atoms with Gasteiger partial charge in [-0.2, -0.15) is 0 Å². The highest BCUT2D eigenvalue weighted by molar-refractivity contribution is 8.04. The SMILES string of the molecule is CC1=C(C(=O)Nc2ccc(C(=O)NCCN3CCOCC3)cc2)SCCO1. The quantitative estimate of drug-likeness (QED) is 0.768. The van der Waals surface area contributed by atoms with Crippen LogP contribution >= 0.6 is 11.8 Å². The normalized spacial score (nSPS) is 18.0. The molecule has 0 saturated carbocycles. The number of nitrogens with zero attached hydrogens (tertiary/aromatic N) is 1. The number of hydrogen-bond acceptors (Lipinski definition) is 6. The van der Waals surface area contributed by atoms with Crippen LogP contribution in [0.4, 0.5) is 5.69 Å². The van der Waals surface area contributed by atoms with Crippen LogP contribution in [0.3, 0.4) is 0 Å². The van der Waals surface area contributed by atoms with E-state index in [4.69, 9.17) is 9.47 Å². The maximum atomic E-state index is 12.3. The number of ether oxygens (including phenoxy) is 2. The van der Waals surface area contributed by atoms with Crippen molar-refractivity contribution >= 4 is 29.3 Å². The highest BCUT2D eigenvalue weighted by Crippen LogP contribution is 2.26. The summed E-state index contributed by atoms with van der Waals surface area (Å²) < 4.78 is 10.7. The zero-order valence-corrected chi connectivity index (χ0v) is 16.3. The van der Waals surface area contributed by atoms with Crippen molar-refractivity contribution < 1.29 is 19.1 Å². The molecule has 8 heteroatoms. The molecule has 0 spiro atoms. The molecule has 27 heavy (non-hydrogen) atoms. The summed E-state index contributed by atoms with van der Waals surface area (Å²) in [7, 11) is 0. The highest BCUT2D eigenvalue weighted by atomic mass is 32.2. The van der Waals surface area contributed by atoms with Gasteiger partial charge in [0, 0.05) is 43.2 Å². The molecule has 0 bridgehead atoms. The van der Waals surface area contributed by atoms with Gasteiger partial charge in [-0.05, 0) is 31.2 Å². The Balaban J connectivity index is 1.47. The number of thioether (sulfide) groups is 1. The summed E-state index contributed by atoms with van der Waals surface area (Å²) in [5, 5.41) is 5.77. The lowest BCUT2D eigenvalue weighted by molar-refractivity contribution is -0.112. The van der Waals surface area contributed by atoms with Gasteiger partial charge in [0.1, 0.15) is 10.7 Å². The summed E-state index contributed by atoms with van der Waals surface area (Å²) >= 11 is 1.49. The summed E-state index contributed by atoms with van der Waals surface area (Å²) in [4.78, 5) is 27.4. The van der Waals surface area contributed by atoms with Gasteiger partial charge in [0.15, 0.2) is 0 Å². The van der Waals surface area contributed by atoms with Gasteiger partial charge in [-0.25, -0.2) is 0 Å². The van der Waals surface area contributed by atoms with Gasteiger partial charge in [-0.3, -0.25) is 14.5 Å². The first-order valence-corrected chi connectivity index (χ1v) is 10.1. The number of amides is 2. The van der Waals surface area contributed by atoms with E-state index in [1.165, 1.54) is 11.8 Å². The Bertz CT molecular complexity index is 699. The highest BCUT2D eigenvalue weighted by Gasteiger charge is 2.19. The van der Waals surface area contributed by atoms with Crippen molar-refractivity contribution in [3.05, 3.63) is 40.5 Å². The number of allylic oxidation sites excluding steroid dienone is 1. The van der Waals surface area contributed by atoms with E-state index in [0.717, 1.165) is 38.6 Å². The molecule has 0 atom stereocenters. The molecule has 0 radical (unpaired) electrons. The van der Waals surface area contributed by atoms with Gasteiger partial charge in [-0.15, -0.1) is 11.8 Å². The van der Waals surface area contributed by atoms with E-state index in [0.29, 0.717) is 35.1 Å². The molecule has 1 saturated heterocycles. The van der Waals surface area contributed by atoms with Gasteiger partial charge in [-0.1, -0.05) is 0 Å². The lowest BCUT2D eigenvalue weighted by Crippen LogP contribution is -2.41. The fourth-order valence-electron chi connectivity index (χ4n) is 2.88. The Morgan fingerprint density at radius 2 is 1.85 bits per heavy atom. The van der Waals surface area contributed by atoms with Crippen molar-refractivity contribution in [2.45, 2.75) is 6.92 Å². The summed E-state index contributed by atoms with van der Waals surface area (Å²) in [5.41, 5.74) is 1.22. The van der Waals surface area contributed by atoms with Crippen LogP contribution in [0.5, 0.6) is 0 Å². The lowest BCUT2D eigenvalue weighted by Gasteiger charge is -2.26. The second-order valence-electron chi connectivity index (χ2n) is 6.32. The van der Waals surface area contributed by atoms with Crippen LogP contribution in [0.1, 0.15) is 17.3 Å². The number of rotatable bonds is 6. The maximum Gasteiger partial charge on any atom is 0.265 e. The van der Waals surface area contributed by atoms with Crippen molar-refractivity contribution in [1.29, 1.82) is 0 Å². The average Bonchev–Trinajstić information content (AvgIpc) is 2.69. The van der Waals surface area contributed by atoms with Crippen LogP contribution in [-0.2, 0) is 14.3 Å². The summed E-state index contributed by atoms with van der Waals surface area (Å²) in [6.45, 7) is 7.16. The van der Waals surface area contributed by atoms with E-state index in [9.17, 15) is 9.59 Å². The molecule has 2 amide bonds. The number of carbonyl (C=O) groups excluding carboxylic acids is 2. The molecule has 1 aromatic rings. The zero-order valence-electron chi connectivity index (χ0n) is 15.5. The molecule has 0 aromatic heterocycles. The number of benzene rings is 1. The first kappa shape index (κ1) is 19.7. The largest absolute Gasteiger partial charge is 0.496 e. The van der Waals surface area contributed by atoms with E-state index < -0.39 is 0 Å². The Labute approximate surface area is 163 Å². The van der Waals surface area contributed by atoms with Crippen LogP contribution in [0, 0.1) is 0 Å². The van der Waals surface area contributed by atoms with Crippen LogP contribution < -0.4 is 10.6 Å². The second kappa shape index (κ2) is 9.77. The van der Waals surface area contributed by atoms with Crippen molar-refractivity contribution in [1.82, 2.24) is 10.2 Å². The first-order valence-electron chi connectivity index (χ1n) is 9.09. The number of nitrogens with one attached hydrogen (secondary N) is 2. The topological polar surface area (TPSA) is 79.9 Å². The first-order chi connectivity index (χ1) is 13.1. The summed E-state index contributed by atoms with van der Waals surface area (Å²) in [6, 6.07) is 6.90. The molecule has 2 aliphatic heterocycles. The van der Waals surface area contributed by atoms with Crippen molar-refractivity contribution in [3.8, 4) is 0 Å². The molecule has 7 nitrogen and oxygen atoms in total. The minimum absolute atomic E-state index is 0.115. The van der Waals surface area contributed by atoms with Gasteiger partial charge in [0.25, 0.3) is 11.8 Å². The summed E-state index contributed by atoms with van der Waals surface area (Å²) in [5.74, 6) is 1.12. The smallest absolute Gasteiger partial charge is 0.265 e. The Morgan fingerprint density at radius 3 is 2.56 bits per heavy atom. The molecule has 2 heterocycles. The minimum Gasteiger partial charge on any atom is -0.496 e. The van der Waals surface area contributed by atoms with Gasteiger partial charge < -0.3 is 20.1 Å². The molecular weight excluding hydrogens is 366 g/mol. The Kier molecular flexibility index (Phi) is 7.14. The van der Waals surface area contributed by atoms with E-state index in [2.05, 4.69) is 15.5 Å². The average molecular weight is 391 g/mol. The van der Waals surface area contributed by atoms with E-state index in [1.807, 2.05) is 0 Å². The molecule has 146 valence electrons. The van der Waals surface area contributed by atoms with Gasteiger partial charge in [0.2, 0.25) is 0 Å². The van der Waals surface area contributed by atoms with Crippen LogP contribution in [0.2, 0.25) is 0 Å². The molecule has 1 fully saturated rings. The molecular formula is C19H25N3O4S. The lowest BCUT2D eigenvalue weighted by atomic mass is 10.2. The predicted octanol–water partition coefficient (Wildman–Crippen LogP) is 1.68. The molecule has 3 rings (SSSR count). The van der Waals surface area contributed by atoms with E-state index in [1.54, 1.807) is 31.2 Å². The van der Waals surface area contributed by atoms with E-state index in [-0.39, 0.29) is 11.8 Å². The van der Waals surface area contributed by atoms with Crippen molar-refractivity contribution in [3.63, 3.8) is 0 Å². The fraction of sp³-hybridized carbons (Fsp3) is 0.474. The number of carbonyl (C=O) groups is 2. The molecule has 2 aliphatic rings. The number of morpholine rings is 1. The predicted molar refractivity (Wildman–Crippen MR) is 106 cm³/mol. The van der Waals surface area contributed by atoms with E-state index >= 15 is 0 Å². The second-order valence-corrected chi connectivity index (χ2v) is 7.43. The van der Waals surface area contributed by atoms with Crippen LogP contribution in [0.25, 0.3) is 0 Å². The maximum absolute atomic E-state index is 12.3.